The van der Waals surface area contributed by atoms with E-state index in [0.29, 0.717) is 0 Å². The minimum Gasteiger partial charge on any atom is -0.379 e. The standard InChI is InChI=1S/C10H22N2OS2/c14-9-5-12(6-10-15)2-1-11-3-7-13-8-4-11/h14-15H,1-10H2. The highest BCUT2D eigenvalue weighted by molar-refractivity contribution is 7.80. The second-order valence-electron chi connectivity index (χ2n) is 3.74. The molecule has 1 aliphatic heterocycles. The van der Waals surface area contributed by atoms with Crippen LogP contribution in [0, 0.1) is 0 Å². The minimum absolute atomic E-state index is 0.888. The molecule has 0 amide bonds. The Kier molecular flexibility index (Phi) is 7.91. The Morgan fingerprint density at radius 2 is 1.60 bits per heavy atom. The molecule has 0 unspecified atom stereocenters. The highest BCUT2D eigenvalue weighted by atomic mass is 32.1. The lowest BCUT2D eigenvalue weighted by Gasteiger charge is -2.29. The summed E-state index contributed by atoms with van der Waals surface area (Å²) in [6.07, 6.45) is 0. The molecule has 90 valence electrons. The molecular formula is C10H22N2OS2. The molecule has 0 saturated carbocycles. The number of ether oxygens (including phenoxy) is 1. The van der Waals surface area contributed by atoms with Gasteiger partial charge in [0, 0.05) is 50.8 Å². The van der Waals surface area contributed by atoms with Crippen LogP contribution in [0.15, 0.2) is 0 Å². The Morgan fingerprint density at radius 1 is 1.00 bits per heavy atom. The number of hydrogen-bond donors (Lipinski definition) is 2. The molecule has 15 heavy (non-hydrogen) atoms. The van der Waals surface area contributed by atoms with Crippen molar-refractivity contribution < 1.29 is 4.74 Å². The molecule has 0 aromatic heterocycles. The summed E-state index contributed by atoms with van der Waals surface area (Å²) in [5, 5.41) is 0. The maximum Gasteiger partial charge on any atom is 0.0594 e. The first-order valence-electron chi connectivity index (χ1n) is 5.61. The molecule has 0 atom stereocenters. The number of nitrogens with zero attached hydrogens (tertiary/aromatic N) is 2. The van der Waals surface area contributed by atoms with Crippen molar-refractivity contribution >= 4 is 25.3 Å². The van der Waals surface area contributed by atoms with Crippen LogP contribution in [-0.4, -0.2) is 73.8 Å². The van der Waals surface area contributed by atoms with Crippen molar-refractivity contribution in [3.8, 4) is 0 Å². The lowest BCUT2D eigenvalue weighted by molar-refractivity contribution is 0.0339. The van der Waals surface area contributed by atoms with E-state index in [1.165, 1.54) is 0 Å². The minimum atomic E-state index is 0.888. The van der Waals surface area contributed by atoms with E-state index in [1.54, 1.807) is 0 Å². The quantitative estimate of drug-likeness (QED) is 0.640. The SMILES string of the molecule is SCCN(CCS)CCN1CCOCC1. The molecule has 0 aromatic rings. The molecule has 0 aliphatic carbocycles. The van der Waals surface area contributed by atoms with Gasteiger partial charge in [-0.3, -0.25) is 4.90 Å². The monoisotopic (exact) mass is 250 g/mol. The van der Waals surface area contributed by atoms with Crippen LogP contribution in [0.25, 0.3) is 0 Å². The van der Waals surface area contributed by atoms with E-state index in [-0.39, 0.29) is 0 Å². The normalized spacial score (nSPS) is 18.6. The van der Waals surface area contributed by atoms with Gasteiger partial charge in [-0.2, -0.15) is 25.3 Å². The average molecular weight is 250 g/mol. The summed E-state index contributed by atoms with van der Waals surface area (Å²) >= 11 is 8.54. The highest BCUT2D eigenvalue weighted by Gasteiger charge is 2.11. The van der Waals surface area contributed by atoms with Crippen molar-refractivity contribution in [1.82, 2.24) is 9.80 Å². The molecule has 3 nitrogen and oxygen atoms in total. The van der Waals surface area contributed by atoms with Crippen LogP contribution in [-0.2, 0) is 4.74 Å². The summed E-state index contributed by atoms with van der Waals surface area (Å²) in [7, 11) is 0. The summed E-state index contributed by atoms with van der Waals surface area (Å²) in [4.78, 5) is 4.89. The van der Waals surface area contributed by atoms with E-state index >= 15 is 0 Å². The molecule has 1 saturated heterocycles. The highest BCUT2D eigenvalue weighted by Crippen LogP contribution is 1.98. The largest absolute Gasteiger partial charge is 0.379 e. The molecule has 1 fully saturated rings. The topological polar surface area (TPSA) is 15.7 Å². The van der Waals surface area contributed by atoms with E-state index in [4.69, 9.17) is 4.74 Å². The fourth-order valence-corrected chi connectivity index (χ4v) is 2.29. The van der Waals surface area contributed by atoms with Crippen molar-refractivity contribution in [3.05, 3.63) is 0 Å². The van der Waals surface area contributed by atoms with Crippen LogP contribution < -0.4 is 0 Å². The Balaban J connectivity index is 2.13. The van der Waals surface area contributed by atoms with Crippen LogP contribution >= 0.6 is 25.3 Å². The molecule has 0 aromatic carbocycles. The smallest absolute Gasteiger partial charge is 0.0594 e. The maximum atomic E-state index is 5.32. The molecule has 1 rings (SSSR count). The second kappa shape index (κ2) is 8.70. The van der Waals surface area contributed by atoms with Gasteiger partial charge in [-0.15, -0.1) is 0 Å². The first kappa shape index (κ1) is 13.6. The summed E-state index contributed by atoms with van der Waals surface area (Å²) in [5.74, 6) is 1.85. The second-order valence-corrected chi connectivity index (χ2v) is 4.64. The van der Waals surface area contributed by atoms with E-state index in [9.17, 15) is 0 Å². The lowest BCUT2D eigenvalue weighted by atomic mass is 10.4. The lowest BCUT2D eigenvalue weighted by Crippen LogP contribution is -2.42. The van der Waals surface area contributed by atoms with Gasteiger partial charge in [0.25, 0.3) is 0 Å². The summed E-state index contributed by atoms with van der Waals surface area (Å²) in [5.41, 5.74) is 0. The number of rotatable bonds is 7. The van der Waals surface area contributed by atoms with Crippen molar-refractivity contribution in [3.63, 3.8) is 0 Å². The molecular weight excluding hydrogens is 228 g/mol. The summed E-state index contributed by atoms with van der Waals surface area (Å²) in [6.45, 7) is 8.33. The van der Waals surface area contributed by atoms with Gasteiger partial charge in [-0.05, 0) is 0 Å². The fraction of sp³-hybridized carbons (Fsp3) is 1.00. The van der Waals surface area contributed by atoms with Crippen LogP contribution in [0.1, 0.15) is 0 Å². The van der Waals surface area contributed by atoms with Crippen molar-refractivity contribution in [1.29, 1.82) is 0 Å². The number of morpholine rings is 1. The van der Waals surface area contributed by atoms with Crippen LogP contribution in [0.3, 0.4) is 0 Å². The molecule has 5 heteroatoms. The van der Waals surface area contributed by atoms with Gasteiger partial charge >= 0.3 is 0 Å². The van der Waals surface area contributed by atoms with Crippen molar-refractivity contribution in [2.24, 2.45) is 0 Å². The number of thiol groups is 2. The van der Waals surface area contributed by atoms with Gasteiger partial charge in [-0.1, -0.05) is 0 Å². The van der Waals surface area contributed by atoms with Gasteiger partial charge < -0.3 is 9.64 Å². The van der Waals surface area contributed by atoms with Gasteiger partial charge in [-0.25, -0.2) is 0 Å². The van der Waals surface area contributed by atoms with E-state index in [2.05, 4.69) is 35.1 Å². The van der Waals surface area contributed by atoms with Crippen molar-refractivity contribution in [2.45, 2.75) is 0 Å². The zero-order valence-electron chi connectivity index (χ0n) is 9.27. The fourth-order valence-electron chi connectivity index (χ4n) is 1.73. The van der Waals surface area contributed by atoms with Crippen LogP contribution in [0.5, 0.6) is 0 Å². The van der Waals surface area contributed by atoms with Gasteiger partial charge in [0.2, 0.25) is 0 Å². The zero-order valence-corrected chi connectivity index (χ0v) is 11.1. The summed E-state index contributed by atoms with van der Waals surface area (Å²) < 4.78 is 5.32. The Hall–Kier alpha value is 0.580. The third-order valence-electron chi connectivity index (χ3n) is 2.67. The van der Waals surface area contributed by atoms with Gasteiger partial charge in [0.05, 0.1) is 13.2 Å². The average Bonchev–Trinajstić information content (AvgIpc) is 2.28. The van der Waals surface area contributed by atoms with Gasteiger partial charge in [0.15, 0.2) is 0 Å². The Bertz CT molecular complexity index is 148. The van der Waals surface area contributed by atoms with Crippen LogP contribution in [0.4, 0.5) is 0 Å². The Morgan fingerprint density at radius 3 is 2.13 bits per heavy atom. The predicted molar refractivity (Wildman–Crippen MR) is 71.4 cm³/mol. The summed E-state index contributed by atoms with van der Waals surface area (Å²) in [6, 6.07) is 0. The van der Waals surface area contributed by atoms with Crippen molar-refractivity contribution in [2.75, 3.05) is 64.0 Å². The van der Waals surface area contributed by atoms with Gasteiger partial charge in [0.1, 0.15) is 0 Å². The third-order valence-corrected chi connectivity index (χ3v) is 3.07. The zero-order chi connectivity index (χ0) is 10.9. The molecule has 0 bridgehead atoms. The number of hydrogen-bond acceptors (Lipinski definition) is 5. The van der Waals surface area contributed by atoms with Crippen LogP contribution in [0.2, 0.25) is 0 Å². The first-order chi connectivity index (χ1) is 7.36. The molecule has 1 aliphatic rings. The van der Waals surface area contributed by atoms with E-state index in [0.717, 1.165) is 64.0 Å². The first-order valence-corrected chi connectivity index (χ1v) is 6.87. The third kappa shape index (κ3) is 6.02. The predicted octanol–water partition coefficient (Wildman–Crippen LogP) is 0.480. The molecule has 1 heterocycles. The molecule has 0 radical (unpaired) electrons. The molecule has 0 spiro atoms. The Labute approximate surface area is 104 Å². The van der Waals surface area contributed by atoms with E-state index < -0.39 is 0 Å². The maximum absolute atomic E-state index is 5.32. The van der Waals surface area contributed by atoms with E-state index in [1.807, 2.05) is 0 Å². The molecule has 0 N–H and O–H groups in total.